The molecule has 27 heavy (non-hydrogen) atoms. The maximum Gasteiger partial charge on any atom is 0.240 e. The number of amides is 1. The van der Waals surface area contributed by atoms with Gasteiger partial charge >= 0.3 is 0 Å². The van der Waals surface area contributed by atoms with E-state index in [1.54, 1.807) is 0 Å². The molecule has 6 heteroatoms. The molecule has 1 aliphatic rings. The largest absolute Gasteiger partial charge is 0.311 e. The Balaban J connectivity index is 1.56. The Morgan fingerprint density at radius 2 is 1.81 bits per heavy atom. The third-order valence-corrected chi connectivity index (χ3v) is 5.90. The maximum atomic E-state index is 13.1. The minimum absolute atomic E-state index is 0.112. The molecule has 4 rings (SSSR count). The number of rotatable bonds is 4. The third kappa shape index (κ3) is 3.37. The molecule has 0 fully saturated rings. The van der Waals surface area contributed by atoms with Gasteiger partial charge in [0.05, 0.1) is 5.25 Å². The molecule has 0 aliphatic carbocycles. The van der Waals surface area contributed by atoms with Gasteiger partial charge in [-0.3, -0.25) is 9.36 Å². The summed E-state index contributed by atoms with van der Waals surface area (Å²) in [6, 6.07) is 16.4. The average Bonchev–Trinajstić information content (AvgIpc) is 3.26. The number of hydrogen-bond donors (Lipinski definition) is 0. The number of hydrogen-bond acceptors (Lipinski definition) is 4. The smallest absolute Gasteiger partial charge is 0.240 e. The van der Waals surface area contributed by atoms with E-state index >= 15 is 0 Å². The van der Waals surface area contributed by atoms with E-state index in [9.17, 15) is 4.79 Å². The van der Waals surface area contributed by atoms with Crippen molar-refractivity contribution in [1.29, 1.82) is 0 Å². The highest BCUT2D eigenvalue weighted by Gasteiger charge is 2.29. The summed E-state index contributed by atoms with van der Waals surface area (Å²) in [4.78, 5) is 15.0. The molecule has 0 saturated carbocycles. The molecule has 3 aromatic rings. The number of anilines is 1. The fraction of sp³-hybridized carbons (Fsp3) is 0.286. The van der Waals surface area contributed by atoms with Crippen molar-refractivity contribution < 1.29 is 4.79 Å². The third-order valence-electron chi connectivity index (χ3n) is 4.87. The topological polar surface area (TPSA) is 51.0 Å². The van der Waals surface area contributed by atoms with Crippen molar-refractivity contribution in [2.75, 3.05) is 11.4 Å². The Hall–Kier alpha value is -2.60. The molecular weight excluding hydrogens is 356 g/mol. The summed E-state index contributed by atoms with van der Waals surface area (Å²) in [5.41, 5.74) is 4.49. The number of benzene rings is 2. The minimum Gasteiger partial charge on any atom is -0.311 e. The quantitative estimate of drug-likeness (QED) is 0.645. The Labute approximate surface area is 163 Å². The number of carbonyl (C=O) groups is 1. The van der Waals surface area contributed by atoms with Crippen LogP contribution >= 0.6 is 11.8 Å². The van der Waals surface area contributed by atoms with Crippen molar-refractivity contribution in [1.82, 2.24) is 14.8 Å². The SMILES string of the molecule is Cc1ccc(-n2c(C)nnc2SC(C)C(=O)N2CCc3ccccc32)cc1. The Morgan fingerprint density at radius 1 is 1.07 bits per heavy atom. The van der Waals surface area contributed by atoms with Gasteiger partial charge in [-0.05, 0) is 51.0 Å². The van der Waals surface area contributed by atoms with Crippen LogP contribution in [-0.4, -0.2) is 32.5 Å². The van der Waals surface area contributed by atoms with E-state index in [2.05, 4.69) is 47.5 Å². The lowest BCUT2D eigenvalue weighted by Gasteiger charge is -2.21. The molecule has 5 nitrogen and oxygen atoms in total. The lowest BCUT2D eigenvalue weighted by Crippen LogP contribution is -2.35. The van der Waals surface area contributed by atoms with Gasteiger partial charge in [-0.1, -0.05) is 47.7 Å². The zero-order chi connectivity index (χ0) is 19.0. The first-order chi connectivity index (χ1) is 13.0. The van der Waals surface area contributed by atoms with Crippen LogP contribution in [0.5, 0.6) is 0 Å². The van der Waals surface area contributed by atoms with Crippen LogP contribution in [0.1, 0.15) is 23.9 Å². The summed E-state index contributed by atoms with van der Waals surface area (Å²) in [7, 11) is 0. The zero-order valence-corrected chi connectivity index (χ0v) is 16.5. The van der Waals surface area contributed by atoms with Gasteiger partial charge in [0.25, 0.3) is 0 Å². The Bertz CT molecular complexity index is 980. The van der Waals surface area contributed by atoms with Gasteiger partial charge < -0.3 is 4.90 Å². The molecular formula is C21H22N4OS. The summed E-state index contributed by atoms with van der Waals surface area (Å²) >= 11 is 1.46. The summed E-state index contributed by atoms with van der Waals surface area (Å²) in [6.45, 7) is 6.68. The Morgan fingerprint density at radius 3 is 2.59 bits per heavy atom. The molecule has 0 spiro atoms. The number of aryl methyl sites for hydroxylation is 2. The summed E-state index contributed by atoms with van der Waals surface area (Å²) < 4.78 is 2.01. The monoisotopic (exact) mass is 378 g/mol. The van der Waals surface area contributed by atoms with Crippen LogP contribution in [-0.2, 0) is 11.2 Å². The van der Waals surface area contributed by atoms with Crippen LogP contribution in [0.2, 0.25) is 0 Å². The number of carbonyl (C=O) groups excluding carboxylic acids is 1. The van der Waals surface area contributed by atoms with Crippen molar-refractivity contribution in [2.24, 2.45) is 0 Å². The van der Waals surface area contributed by atoms with Crippen molar-refractivity contribution in [3.05, 3.63) is 65.5 Å². The average molecular weight is 379 g/mol. The molecule has 0 bridgehead atoms. The van der Waals surface area contributed by atoms with Gasteiger partial charge in [0, 0.05) is 17.9 Å². The van der Waals surface area contributed by atoms with Crippen molar-refractivity contribution in [2.45, 2.75) is 37.6 Å². The second kappa shape index (κ2) is 7.19. The highest BCUT2D eigenvalue weighted by atomic mass is 32.2. The predicted molar refractivity (Wildman–Crippen MR) is 109 cm³/mol. The van der Waals surface area contributed by atoms with Gasteiger partial charge in [-0.15, -0.1) is 10.2 Å². The van der Waals surface area contributed by atoms with Crippen LogP contribution in [0.3, 0.4) is 0 Å². The number of para-hydroxylation sites is 1. The first-order valence-corrected chi connectivity index (χ1v) is 9.97. The lowest BCUT2D eigenvalue weighted by atomic mass is 10.2. The molecule has 1 atom stereocenters. The van der Waals surface area contributed by atoms with Crippen molar-refractivity contribution in [3.63, 3.8) is 0 Å². The lowest BCUT2D eigenvalue weighted by molar-refractivity contribution is -0.117. The standard InChI is InChI=1S/C21H22N4OS/c1-14-8-10-18(11-9-14)25-16(3)22-23-21(25)27-15(2)20(26)24-13-12-17-6-4-5-7-19(17)24/h4-11,15H,12-13H2,1-3H3. The van der Waals surface area contributed by atoms with E-state index < -0.39 is 0 Å². The highest BCUT2D eigenvalue weighted by molar-refractivity contribution is 8.00. The summed E-state index contributed by atoms with van der Waals surface area (Å²) in [6.07, 6.45) is 0.915. The summed E-state index contributed by atoms with van der Waals surface area (Å²) in [5.74, 6) is 0.925. The number of nitrogens with zero attached hydrogens (tertiary/aromatic N) is 4. The Kier molecular flexibility index (Phi) is 4.74. The van der Waals surface area contributed by atoms with Gasteiger partial charge in [0.15, 0.2) is 5.16 Å². The van der Waals surface area contributed by atoms with Crippen LogP contribution in [0.25, 0.3) is 5.69 Å². The first-order valence-electron chi connectivity index (χ1n) is 9.09. The molecule has 0 radical (unpaired) electrons. The number of fused-ring (bicyclic) bond motifs is 1. The van der Waals surface area contributed by atoms with Crippen LogP contribution in [0, 0.1) is 13.8 Å². The summed E-state index contributed by atoms with van der Waals surface area (Å²) in [5, 5.41) is 9.04. The molecule has 2 aromatic carbocycles. The van der Waals surface area contributed by atoms with Crippen LogP contribution in [0.15, 0.2) is 53.7 Å². The molecule has 0 N–H and O–H groups in total. The van der Waals surface area contributed by atoms with Crippen molar-refractivity contribution in [3.8, 4) is 5.69 Å². The molecule has 2 heterocycles. The van der Waals surface area contributed by atoms with Gasteiger partial charge in [-0.25, -0.2) is 0 Å². The maximum absolute atomic E-state index is 13.1. The fourth-order valence-corrected chi connectivity index (χ4v) is 4.38. The van der Waals surface area contributed by atoms with Gasteiger partial charge in [-0.2, -0.15) is 0 Å². The molecule has 1 aliphatic heterocycles. The van der Waals surface area contributed by atoms with Crippen LogP contribution in [0.4, 0.5) is 5.69 Å². The highest BCUT2D eigenvalue weighted by Crippen LogP contribution is 2.32. The second-order valence-corrected chi connectivity index (χ2v) is 8.14. The fourth-order valence-electron chi connectivity index (χ4n) is 3.41. The zero-order valence-electron chi connectivity index (χ0n) is 15.7. The molecule has 1 amide bonds. The van der Waals surface area contributed by atoms with E-state index in [-0.39, 0.29) is 11.2 Å². The van der Waals surface area contributed by atoms with E-state index in [0.717, 1.165) is 35.3 Å². The minimum atomic E-state index is -0.246. The number of thioether (sulfide) groups is 1. The van der Waals surface area contributed by atoms with Crippen molar-refractivity contribution >= 4 is 23.4 Å². The normalized spacial score (nSPS) is 14.3. The van der Waals surface area contributed by atoms with Gasteiger partial charge in [0.1, 0.15) is 5.82 Å². The van der Waals surface area contributed by atoms with Crippen LogP contribution < -0.4 is 4.90 Å². The van der Waals surface area contributed by atoms with E-state index in [4.69, 9.17) is 0 Å². The van der Waals surface area contributed by atoms with E-state index in [1.807, 2.05) is 41.5 Å². The van der Waals surface area contributed by atoms with Gasteiger partial charge in [0.2, 0.25) is 5.91 Å². The second-order valence-electron chi connectivity index (χ2n) is 6.83. The van der Waals surface area contributed by atoms with E-state index in [0.29, 0.717) is 0 Å². The van der Waals surface area contributed by atoms with E-state index in [1.165, 1.54) is 22.9 Å². The molecule has 1 aromatic heterocycles. The first kappa shape index (κ1) is 17.8. The molecule has 0 saturated heterocycles. The number of aromatic nitrogens is 3. The molecule has 138 valence electrons. The molecule has 1 unspecified atom stereocenters. The predicted octanol–water partition coefficient (Wildman–Crippen LogP) is 3.95.